The van der Waals surface area contributed by atoms with Crippen molar-refractivity contribution in [1.82, 2.24) is 19.9 Å². The molecule has 28 heavy (non-hydrogen) atoms. The van der Waals surface area contributed by atoms with Crippen molar-refractivity contribution in [3.8, 4) is 11.3 Å². The first-order chi connectivity index (χ1) is 13.6. The monoisotopic (exact) mass is 373 g/mol. The summed E-state index contributed by atoms with van der Waals surface area (Å²) < 4.78 is 6.74. The molecule has 3 aromatic heterocycles. The molecule has 0 radical (unpaired) electrons. The fraction of sp³-hybridized carbons (Fsp3) is 0.143. The number of hydrogen-bond donors (Lipinski definition) is 1. The van der Waals surface area contributed by atoms with E-state index in [0.29, 0.717) is 23.7 Å². The zero-order valence-electron chi connectivity index (χ0n) is 15.6. The van der Waals surface area contributed by atoms with Crippen LogP contribution >= 0.6 is 0 Å². The maximum Gasteiger partial charge on any atom is 0.290 e. The Labute approximate surface area is 161 Å². The highest BCUT2D eigenvalue weighted by Crippen LogP contribution is 2.26. The largest absolute Gasteiger partial charge is 0.361 e. The number of nitrogens with zero attached hydrogens (tertiary/aromatic N) is 4. The zero-order chi connectivity index (χ0) is 19.5. The Morgan fingerprint density at radius 3 is 2.61 bits per heavy atom. The number of anilines is 2. The lowest BCUT2D eigenvalue weighted by molar-refractivity contribution is 0.393. The average Bonchev–Trinajstić information content (AvgIpc) is 3.05. The predicted molar refractivity (Wildman–Crippen MR) is 107 cm³/mol. The van der Waals surface area contributed by atoms with Gasteiger partial charge in [0.2, 0.25) is 0 Å². The van der Waals surface area contributed by atoms with Crippen molar-refractivity contribution >= 4 is 11.4 Å². The summed E-state index contributed by atoms with van der Waals surface area (Å²) in [7, 11) is 0. The van der Waals surface area contributed by atoms with E-state index in [-0.39, 0.29) is 5.56 Å². The molecule has 0 aliphatic rings. The van der Waals surface area contributed by atoms with Crippen LogP contribution in [0.15, 0.2) is 70.2 Å². The summed E-state index contributed by atoms with van der Waals surface area (Å²) in [5.41, 5.74) is 4.04. The molecule has 0 spiro atoms. The quantitative estimate of drug-likeness (QED) is 0.574. The second-order valence-corrected chi connectivity index (χ2v) is 6.46. The molecule has 1 aromatic carbocycles. The molecule has 0 fully saturated rings. The molecule has 0 atom stereocenters. The molecule has 0 bridgehead atoms. The van der Waals surface area contributed by atoms with Crippen molar-refractivity contribution in [2.24, 2.45) is 0 Å². The van der Waals surface area contributed by atoms with Gasteiger partial charge in [-0.1, -0.05) is 35.5 Å². The Kier molecular flexibility index (Phi) is 4.72. The van der Waals surface area contributed by atoms with E-state index in [1.807, 2.05) is 50.2 Å². The molecule has 0 saturated carbocycles. The molecular weight excluding hydrogens is 354 g/mol. The standard InChI is InChI=1S/C21H19N5O2/c1-14-20(15(2)28-25-14)18-11-19(23-17-9-6-10-22-12-17)21(27)26(24-18)13-16-7-4-3-5-8-16/h3-12,23H,13H2,1-2H3. The number of benzene rings is 1. The van der Waals surface area contributed by atoms with E-state index in [4.69, 9.17) is 4.52 Å². The molecule has 0 aliphatic carbocycles. The zero-order valence-corrected chi connectivity index (χ0v) is 15.6. The molecule has 4 aromatic rings. The van der Waals surface area contributed by atoms with E-state index < -0.39 is 0 Å². The van der Waals surface area contributed by atoms with E-state index in [9.17, 15) is 4.79 Å². The maximum atomic E-state index is 13.0. The summed E-state index contributed by atoms with van der Waals surface area (Å²) >= 11 is 0. The van der Waals surface area contributed by atoms with Gasteiger partial charge in [-0.15, -0.1) is 0 Å². The van der Waals surface area contributed by atoms with Crippen molar-refractivity contribution < 1.29 is 4.52 Å². The molecule has 7 heteroatoms. The third kappa shape index (κ3) is 3.55. The maximum absolute atomic E-state index is 13.0. The van der Waals surface area contributed by atoms with Gasteiger partial charge in [0.05, 0.1) is 35.4 Å². The highest BCUT2D eigenvalue weighted by molar-refractivity contribution is 5.69. The van der Waals surface area contributed by atoms with E-state index in [2.05, 4.69) is 20.6 Å². The van der Waals surface area contributed by atoms with Gasteiger partial charge in [-0.2, -0.15) is 5.10 Å². The number of aryl methyl sites for hydroxylation is 2. The first-order valence-electron chi connectivity index (χ1n) is 8.88. The van der Waals surface area contributed by atoms with Crippen LogP contribution in [0.3, 0.4) is 0 Å². The predicted octanol–water partition coefficient (Wildman–Crippen LogP) is 3.70. The molecule has 0 amide bonds. The lowest BCUT2D eigenvalue weighted by Gasteiger charge is -2.12. The van der Waals surface area contributed by atoms with Gasteiger partial charge in [0.25, 0.3) is 5.56 Å². The van der Waals surface area contributed by atoms with Gasteiger partial charge in [0.1, 0.15) is 11.4 Å². The first kappa shape index (κ1) is 17.7. The van der Waals surface area contributed by atoms with Crippen molar-refractivity contribution in [1.29, 1.82) is 0 Å². The SMILES string of the molecule is Cc1noc(C)c1-c1cc(Nc2cccnc2)c(=O)n(Cc2ccccc2)n1. The van der Waals surface area contributed by atoms with Crippen LogP contribution in [0.25, 0.3) is 11.3 Å². The molecule has 0 saturated heterocycles. The van der Waals surface area contributed by atoms with Gasteiger partial charge < -0.3 is 9.84 Å². The summed E-state index contributed by atoms with van der Waals surface area (Å²) in [6.07, 6.45) is 3.34. The minimum absolute atomic E-state index is 0.219. The lowest BCUT2D eigenvalue weighted by Crippen LogP contribution is -2.26. The van der Waals surface area contributed by atoms with Crippen molar-refractivity contribution in [3.05, 3.63) is 88.3 Å². The summed E-state index contributed by atoms with van der Waals surface area (Å²) in [6.45, 7) is 4.05. The topological polar surface area (TPSA) is 85.8 Å². The summed E-state index contributed by atoms with van der Waals surface area (Å²) in [4.78, 5) is 17.1. The molecule has 0 aliphatic heterocycles. The van der Waals surface area contributed by atoms with Crippen molar-refractivity contribution in [2.45, 2.75) is 20.4 Å². The van der Waals surface area contributed by atoms with Gasteiger partial charge in [-0.05, 0) is 37.6 Å². The minimum atomic E-state index is -0.219. The second-order valence-electron chi connectivity index (χ2n) is 6.46. The van der Waals surface area contributed by atoms with Crippen LogP contribution in [-0.4, -0.2) is 19.9 Å². The smallest absolute Gasteiger partial charge is 0.290 e. The van der Waals surface area contributed by atoms with Gasteiger partial charge in [-0.25, -0.2) is 4.68 Å². The number of rotatable bonds is 5. The number of pyridine rings is 1. The van der Waals surface area contributed by atoms with Crippen LogP contribution in [0, 0.1) is 13.8 Å². The van der Waals surface area contributed by atoms with Gasteiger partial charge >= 0.3 is 0 Å². The Balaban J connectivity index is 1.84. The fourth-order valence-corrected chi connectivity index (χ4v) is 3.06. The highest BCUT2D eigenvalue weighted by Gasteiger charge is 2.17. The Morgan fingerprint density at radius 1 is 1.11 bits per heavy atom. The summed E-state index contributed by atoms with van der Waals surface area (Å²) in [5, 5.41) is 11.7. The Hall–Kier alpha value is -3.74. The molecular formula is C21H19N5O2. The Bertz CT molecular complexity index is 1070. The number of hydrogen-bond acceptors (Lipinski definition) is 6. The van der Waals surface area contributed by atoms with Crippen molar-refractivity contribution in [3.63, 3.8) is 0 Å². The van der Waals surface area contributed by atoms with E-state index in [1.165, 1.54) is 4.68 Å². The van der Waals surface area contributed by atoms with Crippen LogP contribution in [0.5, 0.6) is 0 Å². The normalized spacial score (nSPS) is 10.8. The summed E-state index contributed by atoms with van der Waals surface area (Å²) in [6, 6.07) is 15.1. The first-order valence-corrected chi connectivity index (χ1v) is 8.88. The van der Waals surface area contributed by atoms with E-state index in [0.717, 1.165) is 22.5 Å². The fourth-order valence-electron chi connectivity index (χ4n) is 3.06. The van der Waals surface area contributed by atoms with Gasteiger partial charge in [-0.3, -0.25) is 9.78 Å². The third-order valence-corrected chi connectivity index (χ3v) is 4.38. The van der Waals surface area contributed by atoms with Crippen LogP contribution in [0.2, 0.25) is 0 Å². The number of nitrogens with one attached hydrogen (secondary N) is 1. The van der Waals surface area contributed by atoms with Crippen LogP contribution in [0.1, 0.15) is 17.0 Å². The van der Waals surface area contributed by atoms with Crippen molar-refractivity contribution in [2.75, 3.05) is 5.32 Å². The third-order valence-electron chi connectivity index (χ3n) is 4.38. The van der Waals surface area contributed by atoms with Gasteiger partial charge in [0.15, 0.2) is 0 Å². The number of aromatic nitrogens is 4. The minimum Gasteiger partial charge on any atom is -0.361 e. The molecule has 3 heterocycles. The average molecular weight is 373 g/mol. The van der Waals surface area contributed by atoms with E-state index in [1.54, 1.807) is 24.5 Å². The highest BCUT2D eigenvalue weighted by atomic mass is 16.5. The van der Waals surface area contributed by atoms with E-state index >= 15 is 0 Å². The van der Waals surface area contributed by atoms with Gasteiger partial charge in [0, 0.05) is 6.20 Å². The Morgan fingerprint density at radius 2 is 1.93 bits per heavy atom. The molecule has 1 N–H and O–H groups in total. The van der Waals surface area contributed by atoms with Crippen LogP contribution in [0.4, 0.5) is 11.4 Å². The van der Waals surface area contributed by atoms with Crippen LogP contribution < -0.4 is 10.9 Å². The van der Waals surface area contributed by atoms with Crippen LogP contribution in [-0.2, 0) is 6.54 Å². The second kappa shape index (κ2) is 7.48. The lowest BCUT2D eigenvalue weighted by atomic mass is 10.1. The molecule has 4 rings (SSSR count). The summed E-state index contributed by atoms with van der Waals surface area (Å²) in [5.74, 6) is 0.655. The molecule has 140 valence electrons. The molecule has 0 unspecified atom stereocenters. The molecule has 7 nitrogen and oxygen atoms in total.